The van der Waals surface area contributed by atoms with Gasteiger partial charge >= 0.3 is 12.5 Å². The van der Waals surface area contributed by atoms with Gasteiger partial charge < -0.3 is 15.0 Å². The molecular weight excluding hydrogens is 552 g/mol. The van der Waals surface area contributed by atoms with E-state index in [0.717, 1.165) is 22.9 Å². The molecule has 1 unspecified atom stereocenters. The highest BCUT2D eigenvalue weighted by molar-refractivity contribution is 7.09. The quantitative estimate of drug-likeness (QED) is 0.337. The third kappa shape index (κ3) is 8.70. The highest BCUT2D eigenvalue weighted by atomic mass is 32.1. The number of halogens is 6. The van der Waals surface area contributed by atoms with Crippen LogP contribution in [-0.2, 0) is 23.9 Å². The molecule has 0 radical (unpaired) electrons. The second kappa shape index (κ2) is 12.1. The number of hydrogen-bond donors (Lipinski definition) is 1. The summed E-state index contributed by atoms with van der Waals surface area (Å²) >= 11 is 1.26. The number of nitrogens with zero attached hydrogens (tertiary/aromatic N) is 4. The zero-order valence-corrected chi connectivity index (χ0v) is 21.9. The van der Waals surface area contributed by atoms with Crippen molar-refractivity contribution in [1.82, 2.24) is 25.0 Å². The Balaban J connectivity index is 1.46. The zero-order chi connectivity index (χ0) is 29.0. The van der Waals surface area contributed by atoms with Gasteiger partial charge in [-0.2, -0.15) is 18.3 Å². The smallest absolute Gasteiger partial charge is 0.406 e. The molecule has 3 aromatic rings. The van der Waals surface area contributed by atoms with Gasteiger partial charge in [0.2, 0.25) is 5.91 Å². The first kappa shape index (κ1) is 29.9. The summed E-state index contributed by atoms with van der Waals surface area (Å²) in [6, 6.07) is 5.52. The highest BCUT2D eigenvalue weighted by Crippen LogP contribution is 2.28. The van der Waals surface area contributed by atoms with Gasteiger partial charge in [0.15, 0.2) is 5.69 Å². The number of carbonyl (C=O) groups excluding carboxylic acids is 2. The molecule has 212 valence electrons. The van der Waals surface area contributed by atoms with Crippen molar-refractivity contribution in [2.24, 2.45) is 0 Å². The summed E-state index contributed by atoms with van der Waals surface area (Å²) in [5.41, 5.74) is -0.0831. The second-order valence-corrected chi connectivity index (χ2v) is 9.63. The van der Waals surface area contributed by atoms with Gasteiger partial charge in [0.25, 0.3) is 5.91 Å². The first-order valence-electron chi connectivity index (χ1n) is 11.6. The van der Waals surface area contributed by atoms with E-state index >= 15 is 0 Å². The van der Waals surface area contributed by atoms with Gasteiger partial charge in [0.05, 0.1) is 11.0 Å². The first-order chi connectivity index (χ1) is 18.1. The summed E-state index contributed by atoms with van der Waals surface area (Å²) in [6.45, 7) is 3.11. The fraction of sp³-hybridized carbons (Fsp3) is 0.417. The van der Waals surface area contributed by atoms with Gasteiger partial charge in [-0.3, -0.25) is 14.3 Å². The van der Waals surface area contributed by atoms with Crippen molar-refractivity contribution in [2.45, 2.75) is 51.8 Å². The third-order valence-electron chi connectivity index (χ3n) is 5.61. The van der Waals surface area contributed by atoms with E-state index in [1.54, 1.807) is 12.3 Å². The van der Waals surface area contributed by atoms with Crippen LogP contribution in [0.4, 0.5) is 26.3 Å². The minimum atomic E-state index is -4.79. The van der Waals surface area contributed by atoms with E-state index in [1.807, 2.05) is 0 Å². The van der Waals surface area contributed by atoms with Crippen molar-refractivity contribution < 1.29 is 40.7 Å². The topological polar surface area (TPSA) is 89.4 Å². The number of ether oxygens (including phenoxy) is 1. The molecule has 2 amide bonds. The number of carbonyl (C=O) groups is 2. The molecule has 8 nitrogen and oxygen atoms in total. The molecule has 0 aliphatic carbocycles. The minimum Gasteiger partial charge on any atom is -0.406 e. The number of hydrogen-bond acceptors (Lipinski definition) is 6. The zero-order valence-electron chi connectivity index (χ0n) is 21.1. The van der Waals surface area contributed by atoms with Crippen molar-refractivity contribution >= 4 is 23.2 Å². The van der Waals surface area contributed by atoms with Crippen molar-refractivity contribution in [1.29, 1.82) is 0 Å². The molecule has 0 saturated heterocycles. The molecule has 0 aliphatic rings. The number of alkyl halides is 6. The molecule has 2 aromatic heterocycles. The van der Waals surface area contributed by atoms with Crippen LogP contribution in [0.2, 0.25) is 0 Å². The second-order valence-electron chi connectivity index (χ2n) is 8.68. The summed E-state index contributed by atoms with van der Waals surface area (Å²) < 4.78 is 80.2. The summed E-state index contributed by atoms with van der Waals surface area (Å²) in [5, 5.41) is 8.42. The number of amides is 2. The predicted molar refractivity (Wildman–Crippen MR) is 129 cm³/mol. The Morgan fingerprint density at radius 1 is 1.15 bits per heavy atom. The Bertz CT molecular complexity index is 1290. The lowest BCUT2D eigenvalue weighted by Gasteiger charge is -2.17. The average molecular weight is 578 g/mol. The third-order valence-corrected chi connectivity index (χ3v) is 6.52. The van der Waals surface area contributed by atoms with Gasteiger partial charge in [0.1, 0.15) is 18.0 Å². The molecule has 3 rings (SSSR count). The van der Waals surface area contributed by atoms with Crippen LogP contribution in [0, 0.1) is 6.92 Å². The van der Waals surface area contributed by atoms with Crippen LogP contribution in [0.5, 0.6) is 5.75 Å². The number of likely N-dealkylation sites (N-methyl/N-ethyl adjacent to an activating group) is 1. The lowest BCUT2D eigenvalue weighted by Crippen LogP contribution is -2.32. The molecule has 1 aromatic carbocycles. The van der Waals surface area contributed by atoms with E-state index < -0.39 is 36.1 Å². The molecule has 2 heterocycles. The molecular formula is C24H25F6N5O3S. The molecule has 1 N–H and O–H groups in total. The van der Waals surface area contributed by atoms with E-state index in [9.17, 15) is 35.9 Å². The Kier molecular flexibility index (Phi) is 9.25. The molecule has 0 saturated carbocycles. The fourth-order valence-electron chi connectivity index (χ4n) is 3.49. The Morgan fingerprint density at radius 2 is 1.82 bits per heavy atom. The number of aromatic nitrogens is 3. The molecule has 39 heavy (non-hydrogen) atoms. The van der Waals surface area contributed by atoms with Crippen LogP contribution in [0.25, 0.3) is 0 Å². The van der Waals surface area contributed by atoms with Gasteiger partial charge in [-0.05, 0) is 44.0 Å². The summed E-state index contributed by atoms with van der Waals surface area (Å²) in [6.07, 6.45) is -8.42. The maximum Gasteiger partial charge on any atom is 0.573 e. The lowest BCUT2D eigenvalue weighted by atomic mass is 10.1. The molecule has 0 bridgehead atoms. The molecule has 0 fully saturated rings. The highest BCUT2D eigenvalue weighted by Gasteiger charge is 2.34. The van der Waals surface area contributed by atoms with Gasteiger partial charge in [-0.25, -0.2) is 4.98 Å². The standard InChI is InChI=1S/C24H25F6N5O3S/c1-14-11-19(23(25,26)27)33-35(14)12-21(36)34(3)10-4-5-20-32-18(13-39-20)22(37)31-15(2)16-6-8-17(9-7-16)38-24(28,29)30/h6-9,11,13,15H,4-5,10,12H2,1-3H3,(H,31,37). The Morgan fingerprint density at radius 3 is 2.41 bits per heavy atom. The first-order valence-corrected chi connectivity index (χ1v) is 12.5. The number of thiazole rings is 1. The number of rotatable bonds is 10. The van der Waals surface area contributed by atoms with Crippen LogP contribution < -0.4 is 10.1 Å². The Hall–Kier alpha value is -3.62. The monoisotopic (exact) mass is 577 g/mol. The summed E-state index contributed by atoms with van der Waals surface area (Å²) in [5.74, 6) is -1.23. The van der Waals surface area contributed by atoms with Crippen LogP contribution >= 0.6 is 11.3 Å². The van der Waals surface area contributed by atoms with Crippen LogP contribution in [-0.4, -0.2) is 51.4 Å². The SMILES string of the molecule is Cc1cc(C(F)(F)F)nn1CC(=O)N(C)CCCc1nc(C(=O)NC(C)c2ccc(OC(F)(F)F)cc2)cs1. The van der Waals surface area contributed by atoms with E-state index in [-0.39, 0.29) is 23.7 Å². The van der Waals surface area contributed by atoms with Gasteiger partial charge in [-0.15, -0.1) is 24.5 Å². The van der Waals surface area contributed by atoms with E-state index in [1.165, 1.54) is 42.3 Å². The maximum absolute atomic E-state index is 12.8. The van der Waals surface area contributed by atoms with Gasteiger partial charge in [0, 0.05) is 31.1 Å². The number of benzene rings is 1. The molecule has 0 spiro atoms. The van der Waals surface area contributed by atoms with E-state index in [4.69, 9.17) is 0 Å². The van der Waals surface area contributed by atoms with Crippen molar-refractivity contribution in [2.75, 3.05) is 13.6 Å². The molecule has 0 aliphatic heterocycles. The largest absolute Gasteiger partial charge is 0.573 e. The van der Waals surface area contributed by atoms with Gasteiger partial charge in [-0.1, -0.05) is 12.1 Å². The van der Waals surface area contributed by atoms with E-state index in [2.05, 4.69) is 20.1 Å². The summed E-state index contributed by atoms with van der Waals surface area (Å²) in [4.78, 5) is 30.7. The van der Waals surface area contributed by atoms with Crippen molar-refractivity contribution in [3.05, 3.63) is 63.4 Å². The van der Waals surface area contributed by atoms with E-state index in [0.29, 0.717) is 30.0 Å². The average Bonchev–Trinajstić information content (AvgIpc) is 3.45. The maximum atomic E-state index is 12.8. The Labute approximate surface area is 223 Å². The van der Waals surface area contributed by atoms with Crippen molar-refractivity contribution in [3.63, 3.8) is 0 Å². The lowest BCUT2D eigenvalue weighted by molar-refractivity contribution is -0.274. The normalized spacial score (nSPS) is 12.7. The van der Waals surface area contributed by atoms with Crippen molar-refractivity contribution in [3.8, 4) is 5.75 Å². The number of aryl methyl sites for hydroxylation is 2. The van der Waals surface area contributed by atoms with Crippen LogP contribution in [0.3, 0.4) is 0 Å². The fourth-order valence-corrected chi connectivity index (χ4v) is 4.31. The minimum absolute atomic E-state index is 0.179. The summed E-state index contributed by atoms with van der Waals surface area (Å²) in [7, 11) is 1.54. The molecule has 1 atom stereocenters. The van der Waals surface area contributed by atoms with Crippen LogP contribution in [0.15, 0.2) is 35.7 Å². The molecule has 15 heteroatoms. The predicted octanol–water partition coefficient (Wildman–Crippen LogP) is 5.15. The number of nitrogens with one attached hydrogen (secondary N) is 1. The van der Waals surface area contributed by atoms with Crippen LogP contribution in [0.1, 0.15) is 51.8 Å².